The molecule has 5 nitrogen and oxygen atoms in total. The predicted molar refractivity (Wildman–Crippen MR) is 82.1 cm³/mol. The molecule has 1 aromatic rings. The van der Waals surface area contributed by atoms with Crippen molar-refractivity contribution in [3.63, 3.8) is 0 Å². The maximum atomic E-state index is 13.7. The molecule has 2 rings (SSSR count). The molecular formula is C15H20ClFN2O3. The van der Waals surface area contributed by atoms with Crippen LogP contribution < -0.4 is 5.32 Å². The zero-order valence-electron chi connectivity index (χ0n) is 12.4. The number of carbonyl (C=O) groups excluding carboxylic acids is 2. The second-order valence-electron chi connectivity index (χ2n) is 4.87. The first-order valence-electron chi connectivity index (χ1n) is 7.03. The third-order valence-electron chi connectivity index (χ3n) is 3.38. The molecule has 22 heavy (non-hydrogen) atoms. The van der Waals surface area contributed by atoms with Gasteiger partial charge in [0.05, 0.1) is 19.1 Å². The average Bonchev–Trinajstić information content (AvgIpc) is 2.46. The van der Waals surface area contributed by atoms with Crippen molar-refractivity contribution in [2.45, 2.75) is 25.9 Å². The van der Waals surface area contributed by atoms with E-state index in [1.165, 1.54) is 6.07 Å². The van der Waals surface area contributed by atoms with E-state index in [1.54, 1.807) is 30.0 Å². The molecule has 1 amide bonds. The molecule has 122 valence electrons. The van der Waals surface area contributed by atoms with Gasteiger partial charge in [0.2, 0.25) is 5.91 Å². The van der Waals surface area contributed by atoms with E-state index in [-0.39, 0.29) is 37.1 Å². The molecule has 7 heteroatoms. The minimum atomic E-state index is -0.593. The van der Waals surface area contributed by atoms with E-state index >= 15 is 0 Å². The number of halogens is 2. The lowest BCUT2D eigenvalue weighted by Crippen LogP contribution is -2.55. The summed E-state index contributed by atoms with van der Waals surface area (Å²) in [6.45, 7) is 3.29. The number of ether oxygens (including phenoxy) is 1. The molecule has 1 aliphatic heterocycles. The van der Waals surface area contributed by atoms with Crippen LogP contribution in [0.4, 0.5) is 4.39 Å². The summed E-state index contributed by atoms with van der Waals surface area (Å²) in [6, 6.07) is 5.79. The van der Waals surface area contributed by atoms with Crippen LogP contribution in [0.25, 0.3) is 0 Å². The summed E-state index contributed by atoms with van der Waals surface area (Å²) in [7, 11) is 0. The molecule has 1 unspecified atom stereocenters. The van der Waals surface area contributed by atoms with E-state index in [4.69, 9.17) is 4.74 Å². The van der Waals surface area contributed by atoms with Crippen molar-refractivity contribution in [3.8, 4) is 0 Å². The van der Waals surface area contributed by atoms with Crippen LogP contribution in [0.5, 0.6) is 0 Å². The van der Waals surface area contributed by atoms with Crippen molar-refractivity contribution in [3.05, 3.63) is 35.6 Å². The molecule has 0 bridgehead atoms. The van der Waals surface area contributed by atoms with Gasteiger partial charge in [0.25, 0.3) is 0 Å². The van der Waals surface area contributed by atoms with Gasteiger partial charge in [0, 0.05) is 25.2 Å². The summed E-state index contributed by atoms with van der Waals surface area (Å²) in [5.74, 6) is -0.931. The normalized spacial score (nSPS) is 17.8. The maximum Gasteiger partial charge on any atom is 0.307 e. The number of esters is 1. The Hall–Kier alpha value is -1.66. The maximum absolute atomic E-state index is 13.7. The van der Waals surface area contributed by atoms with E-state index in [1.807, 2.05) is 0 Å². The second kappa shape index (κ2) is 8.70. The topological polar surface area (TPSA) is 58.6 Å². The number of benzene rings is 1. The fraction of sp³-hybridized carbons (Fsp3) is 0.467. The summed E-state index contributed by atoms with van der Waals surface area (Å²) in [4.78, 5) is 25.4. The third-order valence-corrected chi connectivity index (χ3v) is 3.38. The van der Waals surface area contributed by atoms with Crippen molar-refractivity contribution in [1.82, 2.24) is 10.2 Å². The largest absolute Gasteiger partial charge is 0.466 e. The molecule has 1 aliphatic rings. The number of nitrogens with one attached hydrogen (secondary N) is 1. The Labute approximate surface area is 135 Å². The highest BCUT2D eigenvalue weighted by atomic mass is 35.5. The van der Waals surface area contributed by atoms with Gasteiger partial charge in [-0.05, 0) is 13.0 Å². The molecule has 1 heterocycles. The predicted octanol–water partition coefficient (Wildman–Crippen LogP) is 1.50. The molecule has 0 spiro atoms. The van der Waals surface area contributed by atoms with Gasteiger partial charge in [0.15, 0.2) is 0 Å². The highest BCUT2D eigenvalue weighted by Gasteiger charge is 2.30. The quantitative estimate of drug-likeness (QED) is 0.831. The minimum Gasteiger partial charge on any atom is -0.466 e. The molecule has 1 fully saturated rings. The molecule has 0 saturated carbocycles. The van der Waals surface area contributed by atoms with Crippen molar-refractivity contribution < 1.29 is 18.7 Å². The number of hydrogen-bond acceptors (Lipinski definition) is 4. The van der Waals surface area contributed by atoms with Crippen molar-refractivity contribution >= 4 is 24.3 Å². The van der Waals surface area contributed by atoms with Gasteiger partial charge < -0.3 is 15.0 Å². The average molecular weight is 331 g/mol. The smallest absolute Gasteiger partial charge is 0.307 e. The highest BCUT2D eigenvalue weighted by Crippen LogP contribution is 2.13. The number of carbonyl (C=O) groups is 2. The van der Waals surface area contributed by atoms with E-state index in [2.05, 4.69) is 5.32 Å². The zero-order chi connectivity index (χ0) is 15.2. The summed E-state index contributed by atoms with van der Waals surface area (Å²) in [5.41, 5.74) is 0.475. The van der Waals surface area contributed by atoms with E-state index in [0.717, 1.165) is 0 Å². The Morgan fingerprint density at radius 3 is 2.86 bits per heavy atom. The lowest BCUT2D eigenvalue weighted by atomic mass is 10.1. The molecule has 1 N–H and O–H groups in total. The number of piperazine rings is 1. The van der Waals surface area contributed by atoms with E-state index in [9.17, 15) is 14.0 Å². The van der Waals surface area contributed by atoms with Gasteiger partial charge in [-0.1, -0.05) is 18.2 Å². The van der Waals surface area contributed by atoms with Crippen molar-refractivity contribution in [2.24, 2.45) is 0 Å². The first kappa shape index (κ1) is 18.4. The minimum absolute atomic E-state index is 0. The van der Waals surface area contributed by atoms with Crippen LogP contribution in [-0.4, -0.2) is 42.5 Å². The van der Waals surface area contributed by atoms with Crippen molar-refractivity contribution in [2.75, 3.05) is 19.7 Å². The summed E-state index contributed by atoms with van der Waals surface area (Å²) < 4.78 is 18.5. The highest BCUT2D eigenvalue weighted by molar-refractivity contribution is 5.87. The Kier molecular flexibility index (Phi) is 7.27. The summed E-state index contributed by atoms with van der Waals surface area (Å²) >= 11 is 0. The Morgan fingerprint density at radius 1 is 1.45 bits per heavy atom. The Morgan fingerprint density at radius 2 is 2.18 bits per heavy atom. The number of rotatable bonds is 5. The fourth-order valence-corrected chi connectivity index (χ4v) is 2.33. The SMILES string of the molecule is CCOC(=O)CC1NCCN(Cc2ccccc2F)C1=O.Cl. The molecule has 1 aromatic carbocycles. The number of hydrogen-bond donors (Lipinski definition) is 1. The molecule has 1 saturated heterocycles. The van der Waals surface area contributed by atoms with Crippen LogP contribution in [0.3, 0.4) is 0 Å². The summed E-state index contributed by atoms with van der Waals surface area (Å²) in [5, 5.41) is 3.00. The van der Waals surface area contributed by atoms with Gasteiger partial charge in [-0.3, -0.25) is 9.59 Å². The second-order valence-corrected chi connectivity index (χ2v) is 4.87. The van der Waals surface area contributed by atoms with E-state index in [0.29, 0.717) is 25.3 Å². The summed E-state index contributed by atoms with van der Waals surface area (Å²) in [6.07, 6.45) is 0.000442. The lowest BCUT2D eigenvalue weighted by molar-refractivity contribution is -0.148. The molecule has 0 aromatic heterocycles. The van der Waals surface area contributed by atoms with Gasteiger partial charge in [0.1, 0.15) is 5.82 Å². The van der Waals surface area contributed by atoms with Crippen LogP contribution in [0, 0.1) is 5.82 Å². The number of nitrogens with zero attached hydrogens (tertiary/aromatic N) is 1. The monoisotopic (exact) mass is 330 g/mol. The first-order chi connectivity index (χ1) is 10.1. The number of amides is 1. The zero-order valence-corrected chi connectivity index (χ0v) is 13.2. The van der Waals surface area contributed by atoms with Gasteiger partial charge in [-0.15, -0.1) is 12.4 Å². The van der Waals surface area contributed by atoms with Gasteiger partial charge in [-0.25, -0.2) is 4.39 Å². The Bertz CT molecular complexity index is 527. The van der Waals surface area contributed by atoms with Gasteiger partial charge in [-0.2, -0.15) is 0 Å². The van der Waals surface area contributed by atoms with Gasteiger partial charge >= 0.3 is 5.97 Å². The molecular weight excluding hydrogens is 311 g/mol. The first-order valence-corrected chi connectivity index (χ1v) is 7.03. The molecule has 1 atom stereocenters. The van der Waals surface area contributed by atoms with Crippen LogP contribution in [0.15, 0.2) is 24.3 Å². The Balaban J connectivity index is 0.00000242. The van der Waals surface area contributed by atoms with Crippen LogP contribution >= 0.6 is 12.4 Å². The molecule has 0 aliphatic carbocycles. The van der Waals surface area contributed by atoms with E-state index < -0.39 is 12.0 Å². The third kappa shape index (κ3) is 4.68. The van der Waals surface area contributed by atoms with Crippen molar-refractivity contribution in [1.29, 1.82) is 0 Å². The van der Waals surface area contributed by atoms with Crippen LogP contribution in [0.1, 0.15) is 18.9 Å². The fourth-order valence-electron chi connectivity index (χ4n) is 2.33. The van der Waals surface area contributed by atoms with Crippen LogP contribution in [-0.2, 0) is 20.9 Å². The lowest BCUT2D eigenvalue weighted by Gasteiger charge is -2.33. The molecule has 0 radical (unpaired) electrons. The van der Waals surface area contributed by atoms with Crippen LogP contribution in [0.2, 0.25) is 0 Å². The standard InChI is InChI=1S/C15H19FN2O3.ClH/c1-2-21-14(19)9-13-15(20)18(8-7-17-13)10-11-5-3-4-6-12(11)16;/h3-6,13,17H,2,7-10H2,1H3;1H.